The van der Waals surface area contributed by atoms with E-state index in [4.69, 9.17) is 0 Å². The average molecular weight is 380 g/mol. The second-order valence-corrected chi connectivity index (χ2v) is 9.29. The van der Waals surface area contributed by atoms with Crippen LogP contribution in [0.4, 0.5) is 4.79 Å². The Morgan fingerprint density at radius 3 is 2.46 bits per heavy atom. The highest BCUT2D eigenvalue weighted by atomic mass is 32.2. The van der Waals surface area contributed by atoms with E-state index in [2.05, 4.69) is 5.32 Å². The van der Waals surface area contributed by atoms with Crippen molar-refractivity contribution in [3.05, 3.63) is 35.9 Å². The third kappa shape index (κ3) is 3.23. The molecule has 2 N–H and O–H groups in total. The average Bonchev–Trinajstić information content (AvgIpc) is 3.11. The lowest BCUT2D eigenvalue weighted by Crippen LogP contribution is -3.17. The van der Waals surface area contributed by atoms with Gasteiger partial charge in [-0.05, 0) is 18.9 Å². The predicted molar refractivity (Wildman–Crippen MR) is 97.2 cm³/mol. The molecule has 0 spiro atoms. The first-order valence-electron chi connectivity index (χ1n) is 9.07. The largest absolute Gasteiger partial charge is 0.329 e. The molecular weight excluding hydrogens is 354 g/mol. The standard InChI is InChI=1S/C18H25N3O4S/c1-3-18(14-8-6-5-7-9-14)16(22)21(17(23)19-18)13-20(4-2)15-10-11-26(24,25)12-15/h5-9,15H,3-4,10-13H2,1-2H3,(H,19,23)/p+1/t15-,18+/m1/s1. The maximum Gasteiger partial charge on any atom is 0.329 e. The van der Waals surface area contributed by atoms with Gasteiger partial charge in [0.1, 0.15) is 17.3 Å². The number of carbonyl (C=O) groups excluding carboxylic acids is 2. The number of amides is 3. The van der Waals surface area contributed by atoms with E-state index in [1.54, 1.807) is 0 Å². The molecule has 0 radical (unpaired) electrons. The van der Waals surface area contributed by atoms with Crippen molar-refractivity contribution in [2.45, 2.75) is 38.3 Å². The molecule has 3 rings (SSSR count). The van der Waals surface area contributed by atoms with Gasteiger partial charge in [-0.2, -0.15) is 0 Å². The summed E-state index contributed by atoms with van der Waals surface area (Å²) < 4.78 is 23.6. The van der Waals surface area contributed by atoms with Gasteiger partial charge in [0.15, 0.2) is 16.5 Å². The van der Waals surface area contributed by atoms with Crippen molar-refractivity contribution in [1.29, 1.82) is 0 Å². The minimum atomic E-state index is -3.01. The van der Waals surface area contributed by atoms with E-state index in [0.29, 0.717) is 19.4 Å². The number of rotatable bonds is 6. The molecule has 2 saturated heterocycles. The van der Waals surface area contributed by atoms with Gasteiger partial charge in [-0.1, -0.05) is 37.3 Å². The topological polar surface area (TPSA) is 88.0 Å². The van der Waals surface area contributed by atoms with Crippen LogP contribution in [0.2, 0.25) is 0 Å². The Morgan fingerprint density at radius 1 is 1.23 bits per heavy atom. The van der Waals surface area contributed by atoms with Gasteiger partial charge in [0, 0.05) is 6.42 Å². The van der Waals surface area contributed by atoms with Gasteiger partial charge in [-0.3, -0.25) is 4.79 Å². The number of quaternary nitrogens is 1. The molecule has 2 heterocycles. The normalized spacial score (nSPS) is 29.0. The fourth-order valence-electron chi connectivity index (χ4n) is 3.98. The summed E-state index contributed by atoms with van der Waals surface area (Å²) in [5.74, 6) is 0.0461. The van der Waals surface area contributed by atoms with Crippen LogP contribution in [0.5, 0.6) is 0 Å². The van der Waals surface area contributed by atoms with Crippen LogP contribution in [-0.4, -0.2) is 56.0 Å². The van der Waals surface area contributed by atoms with E-state index < -0.39 is 21.4 Å². The smallest absolute Gasteiger partial charge is 0.319 e. The molecule has 142 valence electrons. The number of hydrogen-bond acceptors (Lipinski definition) is 4. The number of nitrogens with one attached hydrogen (secondary N) is 2. The Morgan fingerprint density at radius 2 is 1.92 bits per heavy atom. The number of nitrogens with zero attached hydrogens (tertiary/aromatic N) is 1. The van der Waals surface area contributed by atoms with Crippen LogP contribution in [0.3, 0.4) is 0 Å². The molecule has 26 heavy (non-hydrogen) atoms. The first kappa shape index (κ1) is 18.8. The SMILES string of the molecule is CC[NH+](CN1C(=O)N[C@@](CC)(c2ccccc2)C1=O)[C@@H]1CCS(=O)(=O)C1. The third-order valence-corrected chi connectivity index (χ3v) is 7.37. The zero-order chi connectivity index (χ0) is 18.9. The molecule has 1 unspecified atom stereocenters. The first-order chi connectivity index (χ1) is 12.3. The molecule has 1 aromatic rings. The van der Waals surface area contributed by atoms with Gasteiger partial charge in [0.05, 0.1) is 12.3 Å². The summed E-state index contributed by atoms with van der Waals surface area (Å²) in [4.78, 5) is 28.0. The van der Waals surface area contributed by atoms with Crippen LogP contribution in [0, 0.1) is 0 Å². The van der Waals surface area contributed by atoms with Crippen LogP contribution in [0.1, 0.15) is 32.3 Å². The molecule has 2 aliphatic heterocycles. The molecule has 2 fully saturated rings. The van der Waals surface area contributed by atoms with Crippen LogP contribution in [0.25, 0.3) is 0 Å². The van der Waals surface area contributed by atoms with Crippen molar-refractivity contribution in [2.75, 3.05) is 24.7 Å². The van der Waals surface area contributed by atoms with Crippen molar-refractivity contribution in [2.24, 2.45) is 0 Å². The maximum absolute atomic E-state index is 13.2. The zero-order valence-corrected chi connectivity index (χ0v) is 16.0. The molecule has 0 saturated carbocycles. The molecule has 3 amide bonds. The lowest BCUT2D eigenvalue weighted by molar-refractivity contribution is -0.927. The second kappa shape index (κ2) is 7.00. The fourth-order valence-corrected chi connectivity index (χ4v) is 5.81. The summed E-state index contributed by atoms with van der Waals surface area (Å²) in [7, 11) is -3.01. The summed E-state index contributed by atoms with van der Waals surface area (Å²) in [6.45, 7) is 4.67. The first-order valence-corrected chi connectivity index (χ1v) is 10.9. The summed E-state index contributed by atoms with van der Waals surface area (Å²) in [6, 6.07) is 8.78. The summed E-state index contributed by atoms with van der Waals surface area (Å²) >= 11 is 0. The number of sulfone groups is 1. The van der Waals surface area contributed by atoms with Gasteiger partial charge in [0.25, 0.3) is 5.91 Å². The lowest BCUT2D eigenvalue weighted by atomic mass is 9.87. The van der Waals surface area contributed by atoms with E-state index in [-0.39, 0.29) is 30.1 Å². The summed E-state index contributed by atoms with van der Waals surface area (Å²) in [6.07, 6.45) is 1.03. The van der Waals surface area contributed by atoms with E-state index in [1.165, 1.54) is 4.90 Å². The van der Waals surface area contributed by atoms with E-state index in [1.807, 2.05) is 44.2 Å². The second-order valence-electron chi connectivity index (χ2n) is 7.06. The van der Waals surface area contributed by atoms with Crippen molar-refractivity contribution < 1.29 is 22.9 Å². The molecule has 7 nitrogen and oxygen atoms in total. The highest BCUT2D eigenvalue weighted by Gasteiger charge is 2.52. The Kier molecular flexibility index (Phi) is 5.07. The van der Waals surface area contributed by atoms with Gasteiger partial charge in [0.2, 0.25) is 0 Å². The number of hydrogen-bond donors (Lipinski definition) is 2. The molecule has 0 aromatic heterocycles. The molecule has 2 aliphatic rings. The van der Waals surface area contributed by atoms with Crippen LogP contribution < -0.4 is 10.2 Å². The lowest BCUT2D eigenvalue weighted by Gasteiger charge is -2.28. The molecule has 8 heteroatoms. The number of benzene rings is 1. The quantitative estimate of drug-likeness (QED) is 0.675. The van der Waals surface area contributed by atoms with E-state index in [9.17, 15) is 18.0 Å². The Labute approximate surface area is 154 Å². The van der Waals surface area contributed by atoms with Crippen molar-refractivity contribution >= 4 is 21.8 Å². The van der Waals surface area contributed by atoms with Crippen molar-refractivity contribution in [3.63, 3.8) is 0 Å². The molecule has 1 aromatic carbocycles. The number of urea groups is 1. The summed E-state index contributed by atoms with van der Waals surface area (Å²) in [5.41, 5.74) is -0.274. The monoisotopic (exact) mass is 380 g/mol. The van der Waals surface area contributed by atoms with Gasteiger partial charge in [-0.25, -0.2) is 18.1 Å². The van der Waals surface area contributed by atoms with E-state index in [0.717, 1.165) is 10.5 Å². The van der Waals surface area contributed by atoms with Gasteiger partial charge >= 0.3 is 6.03 Å². The number of imide groups is 1. The van der Waals surface area contributed by atoms with Crippen LogP contribution in [0.15, 0.2) is 30.3 Å². The maximum atomic E-state index is 13.2. The Hall–Kier alpha value is -1.93. The minimum Gasteiger partial charge on any atom is -0.319 e. The highest BCUT2D eigenvalue weighted by molar-refractivity contribution is 7.91. The Bertz CT molecular complexity index is 796. The fraction of sp³-hybridized carbons (Fsp3) is 0.556. The molecule has 3 atom stereocenters. The van der Waals surface area contributed by atoms with E-state index >= 15 is 0 Å². The third-order valence-electron chi connectivity index (χ3n) is 5.60. The van der Waals surface area contributed by atoms with Gasteiger partial charge < -0.3 is 10.2 Å². The molecule has 0 bridgehead atoms. The van der Waals surface area contributed by atoms with Gasteiger partial charge in [-0.15, -0.1) is 0 Å². The number of carbonyl (C=O) groups is 2. The van der Waals surface area contributed by atoms with Crippen molar-refractivity contribution in [3.8, 4) is 0 Å². The van der Waals surface area contributed by atoms with Crippen LogP contribution >= 0.6 is 0 Å². The Balaban J connectivity index is 1.82. The summed E-state index contributed by atoms with van der Waals surface area (Å²) in [5, 5.41) is 2.88. The predicted octanol–water partition coefficient (Wildman–Crippen LogP) is -0.107. The zero-order valence-electron chi connectivity index (χ0n) is 15.2. The highest BCUT2D eigenvalue weighted by Crippen LogP contribution is 2.31. The molecular formula is C18H26N3O4S+. The van der Waals surface area contributed by atoms with Crippen molar-refractivity contribution in [1.82, 2.24) is 10.2 Å². The molecule has 0 aliphatic carbocycles. The van der Waals surface area contributed by atoms with Crippen LogP contribution in [-0.2, 0) is 20.2 Å². The minimum absolute atomic E-state index is 0.0704.